The minimum absolute atomic E-state index is 0.194. The van der Waals surface area contributed by atoms with Gasteiger partial charge in [-0.1, -0.05) is 15.9 Å². The third-order valence-electron chi connectivity index (χ3n) is 3.45. The van der Waals surface area contributed by atoms with Crippen molar-refractivity contribution in [3.8, 4) is 0 Å². The molecule has 2 aliphatic rings. The topological polar surface area (TPSA) is 48.9 Å². The number of methoxy groups -OCH3 is 1. The summed E-state index contributed by atoms with van der Waals surface area (Å²) in [4.78, 5) is 6.91. The van der Waals surface area contributed by atoms with Crippen molar-refractivity contribution < 1.29 is 4.74 Å². The highest BCUT2D eigenvalue weighted by Crippen LogP contribution is 2.32. The Morgan fingerprint density at radius 2 is 2.40 bits per heavy atom. The van der Waals surface area contributed by atoms with Crippen LogP contribution in [0.3, 0.4) is 0 Å². The molecule has 0 saturated heterocycles. The van der Waals surface area contributed by atoms with Gasteiger partial charge in [0.1, 0.15) is 6.17 Å². The van der Waals surface area contributed by atoms with E-state index >= 15 is 0 Å². The predicted molar refractivity (Wildman–Crippen MR) is 85.6 cm³/mol. The number of aliphatic imine (C=N–C) groups is 1. The van der Waals surface area contributed by atoms with Crippen LogP contribution in [-0.2, 0) is 4.74 Å². The van der Waals surface area contributed by atoms with Gasteiger partial charge in [-0.2, -0.15) is 0 Å². The van der Waals surface area contributed by atoms with Crippen molar-refractivity contribution in [3.63, 3.8) is 0 Å². The highest BCUT2D eigenvalue weighted by molar-refractivity contribution is 9.11. The van der Waals surface area contributed by atoms with Gasteiger partial charge in [-0.05, 0) is 25.8 Å². The quantitative estimate of drug-likeness (QED) is 0.751. The normalized spacial score (nSPS) is 22.0. The zero-order valence-corrected chi connectivity index (χ0v) is 14.0. The summed E-state index contributed by atoms with van der Waals surface area (Å²) in [6.45, 7) is 6.76. The van der Waals surface area contributed by atoms with Gasteiger partial charge in [-0.3, -0.25) is 0 Å². The van der Waals surface area contributed by atoms with Crippen molar-refractivity contribution in [2.45, 2.75) is 32.9 Å². The fraction of sp³-hybridized carbons (Fsp3) is 0.643. The molecule has 0 spiro atoms. The third-order valence-corrected chi connectivity index (χ3v) is 3.94. The number of halogens is 1. The maximum Gasteiger partial charge on any atom is 0.198 e. The largest absolute Gasteiger partial charge is 0.385 e. The van der Waals surface area contributed by atoms with E-state index in [0.29, 0.717) is 0 Å². The van der Waals surface area contributed by atoms with E-state index in [1.807, 2.05) is 0 Å². The second-order valence-electron chi connectivity index (χ2n) is 4.99. The number of allylic oxidation sites excluding steroid dienone is 2. The monoisotopic (exact) mass is 342 g/mol. The van der Waals surface area contributed by atoms with Crippen LogP contribution < -0.4 is 10.6 Å². The van der Waals surface area contributed by atoms with Crippen molar-refractivity contribution in [2.24, 2.45) is 4.99 Å². The number of fused-ring (bicyclic) bond motifs is 1. The van der Waals surface area contributed by atoms with Gasteiger partial charge in [0.15, 0.2) is 5.96 Å². The average Bonchev–Trinajstić information content (AvgIpc) is 2.41. The number of nitrogens with one attached hydrogen (secondary N) is 2. The summed E-state index contributed by atoms with van der Waals surface area (Å²) in [6.07, 6.45) is 4.30. The Hall–Kier alpha value is -1.01. The van der Waals surface area contributed by atoms with E-state index < -0.39 is 0 Å². The highest BCUT2D eigenvalue weighted by atomic mass is 79.9. The lowest BCUT2D eigenvalue weighted by Gasteiger charge is -2.40. The molecule has 6 heteroatoms. The molecule has 0 fully saturated rings. The molecular weight excluding hydrogens is 320 g/mol. The summed E-state index contributed by atoms with van der Waals surface area (Å²) in [5.74, 6) is 0.863. The van der Waals surface area contributed by atoms with Crippen LogP contribution in [-0.4, -0.2) is 43.8 Å². The Morgan fingerprint density at radius 3 is 3.10 bits per heavy atom. The number of ether oxygens (including phenoxy) is 1. The van der Waals surface area contributed by atoms with Gasteiger partial charge in [0, 0.05) is 49.6 Å². The lowest BCUT2D eigenvalue weighted by molar-refractivity contribution is 0.173. The zero-order valence-electron chi connectivity index (χ0n) is 12.4. The van der Waals surface area contributed by atoms with E-state index in [4.69, 9.17) is 4.74 Å². The zero-order chi connectivity index (χ0) is 14.5. The van der Waals surface area contributed by atoms with Crippen LogP contribution in [0.5, 0.6) is 0 Å². The molecule has 5 nitrogen and oxygen atoms in total. The van der Waals surface area contributed by atoms with Crippen LogP contribution >= 0.6 is 15.9 Å². The summed E-state index contributed by atoms with van der Waals surface area (Å²) >= 11 is 3.64. The summed E-state index contributed by atoms with van der Waals surface area (Å²) in [5.41, 5.74) is 2.44. The molecule has 2 aliphatic heterocycles. The first-order chi connectivity index (χ1) is 9.65. The smallest absolute Gasteiger partial charge is 0.198 e. The first-order valence-electron chi connectivity index (χ1n) is 7.05. The van der Waals surface area contributed by atoms with E-state index in [1.54, 1.807) is 7.11 Å². The van der Waals surface area contributed by atoms with E-state index in [2.05, 4.69) is 56.5 Å². The van der Waals surface area contributed by atoms with Gasteiger partial charge in [-0.25, -0.2) is 4.99 Å². The third kappa shape index (κ3) is 3.55. The average molecular weight is 343 g/mol. The van der Waals surface area contributed by atoms with E-state index in [1.165, 1.54) is 10.1 Å². The lowest BCUT2D eigenvalue weighted by Crippen LogP contribution is -2.54. The molecule has 0 aromatic rings. The molecule has 0 saturated carbocycles. The second kappa shape index (κ2) is 7.13. The van der Waals surface area contributed by atoms with Gasteiger partial charge in [0.05, 0.1) is 0 Å². The molecule has 0 aromatic carbocycles. The maximum absolute atomic E-state index is 5.15. The summed E-state index contributed by atoms with van der Waals surface area (Å²) < 4.78 is 6.35. The van der Waals surface area contributed by atoms with Crippen molar-refractivity contribution in [1.29, 1.82) is 0 Å². The minimum Gasteiger partial charge on any atom is -0.385 e. The molecule has 1 atom stereocenters. The Kier molecular flexibility index (Phi) is 5.48. The van der Waals surface area contributed by atoms with Gasteiger partial charge in [0.25, 0.3) is 0 Å². The minimum atomic E-state index is 0.194. The highest BCUT2D eigenvalue weighted by Gasteiger charge is 2.30. The molecule has 1 unspecified atom stereocenters. The number of guanidine groups is 1. The summed E-state index contributed by atoms with van der Waals surface area (Å²) in [7, 11) is 1.74. The maximum atomic E-state index is 5.15. The van der Waals surface area contributed by atoms with Gasteiger partial charge in [0.2, 0.25) is 0 Å². The number of rotatable bonds is 5. The van der Waals surface area contributed by atoms with Crippen LogP contribution in [0.2, 0.25) is 0 Å². The molecule has 2 heterocycles. The molecule has 20 heavy (non-hydrogen) atoms. The van der Waals surface area contributed by atoms with Crippen LogP contribution in [0.15, 0.2) is 26.9 Å². The number of hydrogen-bond acceptors (Lipinski definition) is 5. The van der Waals surface area contributed by atoms with Crippen LogP contribution in [0.4, 0.5) is 0 Å². The first-order valence-corrected chi connectivity index (χ1v) is 7.84. The molecule has 2 rings (SSSR count). The van der Waals surface area contributed by atoms with E-state index in [9.17, 15) is 0 Å². The number of nitrogens with zero attached hydrogens (tertiary/aromatic N) is 2. The van der Waals surface area contributed by atoms with Crippen molar-refractivity contribution in [3.05, 3.63) is 22.0 Å². The van der Waals surface area contributed by atoms with Crippen LogP contribution in [0.25, 0.3) is 0 Å². The van der Waals surface area contributed by atoms with E-state index in [0.717, 1.165) is 44.2 Å². The Morgan fingerprint density at radius 1 is 1.60 bits per heavy atom. The molecule has 112 valence electrons. The molecule has 0 radical (unpaired) electrons. The van der Waals surface area contributed by atoms with Gasteiger partial charge >= 0.3 is 0 Å². The molecule has 0 amide bonds. The standard InChI is InChI=1S/C14H23BrN4O/c1-4-16-14-17-10(2)12-8-11(15)9-19(13(12)18-14)6-5-7-20-3/h9,13H,4-8H2,1-3H3,(H2,16,17,18). The first kappa shape index (κ1) is 15.4. The molecule has 0 aliphatic carbocycles. The molecule has 0 bridgehead atoms. The van der Waals surface area contributed by atoms with Crippen molar-refractivity contribution in [2.75, 3.05) is 26.8 Å². The van der Waals surface area contributed by atoms with Crippen LogP contribution in [0, 0.1) is 0 Å². The van der Waals surface area contributed by atoms with Crippen molar-refractivity contribution >= 4 is 21.9 Å². The molecule has 0 aromatic heterocycles. The van der Waals surface area contributed by atoms with E-state index in [-0.39, 0.29) is 6.17 Å². The van der Waals surface area contributed by atoms with Crippen LogP contribution in [0.1, 0.15) is 26.7 Å². The molecular formula is C14H23BrN4O. The summed E-state index contributed by atoms with van der Waals surface area (Å²) in [6, 6.07) is 0. The Labute approximate surface area is 129 Å². The van der Waals surface area contributed by atoms with Gasteiger partial charge < -0.3 is 20.3 Å². The fourth-order valence-electron chi connectivity index (χ4n) is 2.52. The summed E-state index contributed by atoms with van der Waals surface area (Å²) in [5, 5.41) is 6.75. The SMILES string of the molecule is CCNC1=NC(C)=C2CC(Br)=CN(CCCOC)C2N1. The van der Waals surface area contributed by atoms with Gasteiger partial charge in [-0.15, -0.1) is 0 Å². The second-order valence-corrected chi connectivity index (χ2v) is 6.00. The molecule has 2 N–H and O–H groups in total. The Balaban J connectivity index is 2.15. The Bertz CT molecular complexity index is 444. The van der Waals surface area contributed by atoms with Crippen molar-refractivity contribution in [1.82, 2.24) is 15.5 Å². The lowest BCUT2D eigenvalue weighted by atomic mass is 10.0. The predicted octanol–water partition coefficient (Wildman–Crippen LogP) is 2.13. The number of hydrogen-bond donors (Lipinski definition) is 2. The fourth-order valence-corrected chi connectivity index (χ4v) is 3.08.